The van der Waals surface area contributed by atoms with Crippen LogP contribution in [0.2, 0.25) is 0 Å². The average Bonchev–Trinajstić information content (AvgIpc) is 1.25. The zero-order chi connectivity index (χ0) is 63.1. The predicted octanol–water partition coefficient (Wildman–Crippen LogP) is 24.7. The van der Waals surface area contributed by atoms with Crippen molar-refractivity contribution in [2.45, 2.75) is 38.5 Å². The molecule has 0 N–H and O–H groups in total. The lowest BCUT2D eigenvalue weighted by molar-refractivity contribution is 0.660. The molecule has 2 aliphatic carbocycles. The molecule has 0 atom stereocenters. The second-order valence-electron chi connectivity index (χ2n) is 26.3. The molecule has 0 amide bonds. The number of benzene rings is 14. The van der Waals surface area contributed by atoms with Gasteiger partial charge in [-0.2, -0.15) is 0 Å². The lowest BCUT2D eigenvalue weighted by Gasteiger charge is -2.24. The predicted molar refractivity (Wildman–Crippen MR) is 397 cm³/mol. The molecule has 16 aromatic rings. The van der Waals surface area contributed by atoms with Gasteiger partial charge in [-0.1, -0.05) is 325 Å². The van der Waals surface area contributed by atoms with Crippen molar-refractivity contribution in [3.8, 4) is 112 Å². The maximum absolute atomic E-state index is 5.20. The van der Waals surface area contributed by atoms with E-state index in [0.717, 1.165) is 22.5 Å². The molecule has 0 bridgehead atoms. The molecule has 18 rings (SSSR count). The van der Waals surface area contributed by atoms with E-state index in [2.05, 4.69) is 349 Å². The van der Waals surface area contributed by atoms with E-state index in [1.54, 1.807) is 0 Å². The lowest BCUT2D eigenvalue weighted by atomic mass is 9.79. The van der Waals surface area contributed by atoms with Crippen LogP contribution in [-0.4, -0.2) is 9.97 Å². The fourth-order valence-corrected chi connectivity index (χ4v) is 15.7. The molecule has 0 saturated heterocycles. The molecule has 2 nitrogen and oxygen atoms in total. The first kappa shape index (κ1) is 56.4. The first-order valence-corrected chi connectivity index (χ1v) is 32.8. The van der Waals surface area contributed by atoms with Gasteiger partial charge < -0.3 is 0 Å². The monoisotopic (exact) mass is 1200 g/mol. The summed E-state index contributed by atoms with van der Waals surface area (Å²) in [5.74, 6) is 0. The van der Waals surface area contributed by atoms with Crippen molar-refractivity contribution < 1.29 is 0 Å². The number of rotatable bonds is 8. The quantitative estimate of drug-likeness (QED) is 0.142. The van der Waals surface area contributed by atoms with Crippen molar-refractivity contribution in [2.24, 2.45) is 0 Å². The highest BCUT2D eigenvalue weighted by Crippen LogP contribution is 2.54. The molecular weight excluding hydrogens is 1130 g/mol. The molecule has 0 saturated carbocycles. The minimum Gasteiger partial charge on any atom is -0.256 e. The highest BCUT2D eigenvalue weighted by molar-refractivity contribution is 6.22. The Labute approximate surface area is 549 Å². The van der Waals surface area contributed by atoms with E-state index < -0.39 is 0 Å². The topological polar surface area (TPSA) is 25.8 Å². The van der Waals surface area contributed by atoms with Gasteiger partial charge in [0, 0.05) is 45.5 Å². The molecule has 14 aromatic carbocycles. The van der Waals surface area contributed by atoms with Crippen LogP contribution in [-0.2, 0) is 10.8 Å². The molecule has 0 fully saturated rings. The molecule has 0 spiro atoms. The van der Waals surface area contributed by atoms with Crippen LogP contribution < -0.4 is 0 Å². The van der Waals surface area contributed by atoms with E-state index >= 15 is 0 Å². The molecule has 444 valence electrons. The maximum atomic E-state index is 5.20. The highest BCUT2D eigenvalue weighted by Gasteiger charge is 2.38. The fourth-order valence-electron chi connectivity index (χ4n) is 15.7. The molecule has 0 aliphatic heterocycles. The average molecular weight is 1200 g/mol. The first-order chi connectivity index (χ1) is 46.2. The second kappa shape index (κ2) is 22.7. The first-order valence-electron chi connectivity index (χ1n) is 32.8. The van der Waals surface area contributed by atoms with Crippen molar-refractivity contribution >= 4 is 43.1 Å². The third-order valence-electron chi connectivity index (χ3n) is 20.3. The Hall–Kier alpha value is -11.6. The largest absolute Gasteiger partial charge is 0.256 e. The standard InChI is InChI=1S/2C46H33N/c1-46(2)41-22-11-10-15-35(41)40-21-12-20-34(45(40)46)33-27-28-42(47-29-33)44-38-18-8-6-16-36(38)43(37-17-7-9-19-39(37)44)32-25-23-31(24-26-32)30-13-4-3-5-14-30;1-46(2)41-19-11-10-14-35(41)36-26-24-33(28-42(36)46)34-25-27-43(47-29-34)45-39-17-8-6-15-37(39)44(38-16-7-9-18-40(38)45)32-22-20-31(21-23-32)30-12-4-3-5-13-30/h2*3-29H,1-2H3. The Morgan fingerprint density at radius 2 is 0.521 bits per heavy atom. The van der Waals surface area contributed by atoms with Gasteiger partial charge in [0.15, 0.2) is 0 Å². The number of nitrogens with zero attached hydrogens (tertiary/aromatic N) is 2. The summed E-state index contributed by atoms with van der Waals surface area (Å²) in [6, 6.07) is 114. The van der Waals surface area contributed by atoms with Crippen LogP contribution in [0.15, 0.2) is 328 Å². The minimum atomic E-state index is -0.0806. The number of hydrogen-bond acceptors (Lipinski definition) is 2. The van der Waals surface area contributed by atoms with E-state index in [4.69, 9.17) is 9.97 Å². The highest BCUT2D eigenvalue weighted by atomic mass is 14.7. The Bertz CT molecular complexity index is 5480. The zero-order valence-corrected chi connectivity index (χ0v) is 53.1. The summed E-state index contributed by atoms with van der Waals surface area (Å²) in [4.78, 5) is 10.3. The normalized spacial score (nSPS) is 13.1. The molecule has 2 heteroatoms. The van der Waals surface area contributed by atoms with Gasteiger partial charge in [0.05, 0.1) is 11.4 Å². The van der Waals surface area contributed by atoms with Crippen LogP contribution in [0.5, 0.6) is 0 Å². The summed E-state index contributed by atoms with van der Waals surface area (Å²) in [6.45, 7) is 9.36. The third-order valence-corrected chi connectivity index (χ3v) is 20.3. The summed E-state index contributed by atoms with van der Waals surface area (Å²) in [5, 5.41) is 9.80. The van der Waals surface area contributed by atoms with Gasteiger partial charge in [0.25, 0.3) is 0 Å². The number of aromatic nitrogens is 2. The van der Waals surface area contributed by atoms with Crippen molar-refractivity contribution in [1.29, 1.82) is 0 Å². The van der Waals surface area contributed by atoms with Crippen molar-refractivity contribution in [1.82, 2.24) is 9.97 Å². The number of pyridine rings is 2. The zero-order valence-electron chi connectivity index (χ0n) is 53.1. The Morgan fingerprint density at radius 1 is 0.202 bits per heavy atom. The van der Waals surface area contributed by atoms with Crippen LogP contribution in [0, 0.1) is 0 Å². The molecule has 0 unspecified atom stereocenters. The number of hydrogen-bond donors (Lipinski definition) is 0. The molecular formula is C92H66N2. The summed E-state index contributed by atoms with van der Waals surface area (Å²) < 4.78 is 0. The van der Waals surface area contributed by atoms with Gasteiger partial charge in [0.1, 0.15) is 0 Å². The van der Waals surface area contributed by atoms with E-state index in [1.165, 1.54) is 154 Å². The van der Waals surface area contributed by atoms with Gasteiger partial charge in [-0.15, -0.1) is 0 Å². The van der Waals surface area contributed by atoms with Gasteiger partial charge >= 0.3 is 0 Å². The van der Waals surface area contributed by atoms with Crippen molar-refractivity contribution in [3.05, 3.63) is 350 Å². The molecule has 2 heterocycles. The van der Waals surface area contributed by atoms with Crippen LogP contribution in [0.25, 0.3) is 155 Å². The van der Waals surface area contributed by atoms with Gasteiger partial charge in [-0.3, -0.25) is 9.97 Å². The van der Waals surface area contributed by atoms with Gasteiger partial charge in [0.2, 0.25) is 0 Å². The Balaban J connectivity index is 0.000000143. The minimum absolute atomic E-state index is 0.0310. The third kappa shape index (κ3) is 9.31. The van der Waals surface area contributed by atoms with Crippen LogP contribution >= 0.6 is 0 Å². The molecule has 2 aliphatic rings. The van der Waals surface area contributed by atoms with Crippen molar-refractivity contribution in [2.75, 3.05) is 0 Å². The number of fused-ring (bicyclic) bond motifs is 10. The Kier molecular flexibility index (Phi) is 13.6. The smallest absolute Gasteiger partial charge is 0.0714 e. The van der Waals surface area contributed by atoms with Gasteiger partial charge in [-0.05, 0) is 161 Å². The summed E-state index contributed by atoms with van der Waals surface area (Å²) in [5.41, 5.74) is 29.7. The summed E-state index contributed by atoms with van der Waals surface area (Å²) in [6.07, 6.45) is 4.12. The van der Waals surface area contributed by atoms with E-state index in [9.17, 15) is 0 Å². The lowest BCUT2D eigenvalue weighted by Crippen LogP contribution is -2.16. The van der Waals surface area contributed by atoms with Gasteiger partial charge in [-0.25, -0.2) is 0 Å². The van der Waals surface area contributed by atoms with Crippen LogP contribution in [0.4, 0.5) is 0 Å². The fraction of sp³-hybridized carbons (Fsp3) is 0.0652. The van der Waals surface area contributed by atoms with Crippen molar-refractivity contribution in [3.63, 3.8) is 0 Å². The Morgan fingerprint density at radius 3 is 0.968 bits per heavy atom. The summed E-state index contributed by atoms with van der Waals surface area (Å²) in [7, 11) is 0. The van der Waals surface area contributed by atoms with Crippen LogP contribution in [0.3, 0.4) is 0 Å². The second-order valence-corrected chi connectivity index (χ2v) is 26.3. The SMILES string of the molecule is CC1(C)c2ccccc2-c2ccc(-c3ccc(-c4c5ccccc5c(-c5ccc(-c6ccccc6)cc5)c5ccccc45)nc3)cc21.CC1(C)c2ccccc2-c2cccc(-c3ccc(-c4c5ccccc5c(-c5ccc(-c6ccccc6)cc5)c5ccccc45)nc3)c21. The molecule has 0 radical (unpaired) electrons. The summed E-state index contributed by atoms with van der Waals surface area (Å²) >= 11 is 0. The molecule has 2 aromatic heterocycles. The van der Waals surface area contributed by atoms with E-state index in [0.29, 0.717) is 0 Å². The van der Waals surface area contributed by atoms with E-state index in [1.807, 2.05) is 6.20 Å². The molecule has 94 heavy (non-hydrogen) atoms. The van der Waals surface area contributed by atoms with Crippen LogP contribution in [0.1, 0.15) is 49.9 Å². The van der Waals surface area contributed by atoms with E-state index in [-0.39, 0.29) is 10.8 Å². The maximum Gasteiger partial charge on any atom is 0.0714 e.